The monoisotopic (exact) mass is 465 g/mol. The fourth-order valence-corrected chi connectivity index (χ4v) is 5.48. The van der Waals surface area contributed by atoms with Crippen LogP contribution < -0.4 is 15.4 Å². The predicted molar refractivity (Wildman–Crippen MR) is 137 cm³/mol. The molecule has 4 heterocycles. The van der Waals surface area contributed by atoms with Gasteiger partial charge in [-0.25, -0.2) is 9.97 Å². The quantitative estimate of drug-likeness (QED) is 0.483. The minimum Gasteiger partial charge on any atom is -0.356 e. The molecule has 0 aliphatic carbocycles. The van der Waals surface area contributed by atoms with E-state index in [0.717, 1.165) is 53.9 Å². The second kappa shape index (κ2) is 8.65. The number of aromatic amines is 1. The number of carbonyl (C=O) groups excluding carboxylic acids is 1. The Morgan fingerprint density at radius 3 is 2.60 bits per heavy atom. The molecule has 6 rings (SSSR count). The molecular weight excluding hydrogens is 438 g/mol. The number of piperidine rings is 1. The molecule has 2 aromatic carbocycles. The Kier molecular flexibility index (Phi) is 5.32. The molecule has 0 bridgehead atoms. The van der Waals surface area contributed by atoms with Crippen molar-refractivity contribution in [2.24, 2.45) is 0 Å². The zero-order valence-corrected chi connectivity index (χ0v) is 19.6. The second-order valence-electron chi connectivity index (χ2n) is 9.54. The van der Waals surface area contributed by atoms with Crippen LogP contribution in [0.1, 0.15) is 53.2 Å². The van der Waals surface area contributed by atoms with Gasteiger partial charge in [0.1, 0.15) is 17.8 Å². The smallest absolute Gasteiger partial charge is 0.277 e. The van der Waals surface area contributed by atoms with Gasteiger partial charge in [0.15, 0.2) is 0 Å². The molecule has 2 aliphatic heterocycles. The summed E-state index contributed by atoms with van der Waals surface area (Å²) in [4.78, 5) is 41.9. The van der Waals surface area contributed by atoms with Gasteiger partial charge in [-0.1, -0.05) is 43.3 Å². The molecule has 0 saturated carbocycles. The lowest BCUT2D eigenvalue weighted by molar-refractivity contribution is 0.0983. The summed E-state index contributed by atoms with van der Waals surface area (Å²) < 4.78 is 0. The molecule has 0 spiro atoms. The average molecular weight is 466 g/mol. The number of aromatic nitrogens is 3. The third-order valence-corrected chi connectivity index (χ3v) is 7.37. The predicted octanol–water partition coefficient (Wildman–Crippen LogP) is 4.47. The highest BCUT2D eigenvalue weighted by Crippen LogP contribution is 2.36. The summed E-state index contributed by atoms with van der Waals surface area (Å²) in [6, 6.07) is 19.8. The molecule has 1 unspecified atom stereocenters. The Bertz CT molecular complexity index is 1470. The summed E-state index contributed by atoms with van der Waals surface area (Å²) in [5.41, 5.74) is 4.28. The van der Waals surface area contributed by atoms with E-state index in [2.05, 4.69) is 32.8 Å². The summed E-state index contributed by atoms with van der Waals surface area (Å²) in [6.45, 7) is 4.34. The lowest BCUT2D eigenvalue weighted by Crippen LogP contribution is -2.35. The molecule has 2 aliphatic rings. The molecule has 2 aromatic heterocycles. The van der Waals surface area contributed by atoms with Crippen LogP contribution in [0.2, 0.25) is 0 Å². The summed E-state index contributed by atoms with van der Waals surface area (Å²) in [7, 11) is 0. The normalized spacial score (nSPS) is 18.1. The van der Waals surface area contributed by atoms with Crippen molar-refractivity contribution in [3.63, 3.8) is 0 Å². The van der Waals surface area contributed by atoms with Crippen LogP contribution >= 0.6 is 0 Å². The highest BCUT2D eigenvalue weighted by atomic mass is 16.2. The molecule has 176 valence electrons. The first-order chi connectivity index (χ1) is 17.1. The highest BCUT2D eigenvalue weighted by Gasteiger charge is 2.31. The van der Waals surface area contributed by atoms with Crippen molar-refractivity contribution in [1.29, 1.82) is 0 Å². The maximum Gasteiger partial charge on any atom is 0.277 e. The molecule has 1 fully saturated rings. The fourth-order valence-electron chi connectivity index (χ4n) is 5.48. The first kappa shape index (κ1) is 21.5. The number of nitrogens with one attached hydrogen (secondary N) is 1. The zero-order chi connectivity index (χ0) is 23.9. The van der Waals surface area contributed by atoms with Crippen molar-refractivity contribution in [2.75, 3.05) is 29.4 Å². The van der Waals surface area contributed by atoms with Crippen LogP contribution in [0.3, 0.4) is 0 Å². The molecule has 1 amide bonds. The van der Waals surface area contributed by atoms with Gasteiger partial charge in [0, 0.05) is 48.4 Å². The number of H-pyrrole nitrogens is 1. The van der Waals surface area contributed by atoms with E-state index in [4.69, 9.17) is 0 Å². The lowest BCUT2D eigenvalue weighted by atomic mass is 9.89. The molecule has 4 aromatic rings. The van der Waals surface area contributed by atoms with Gasteiger partial charge in [0.05, 0.1) is 0 Å². The summed E-state index contributed by atoms with van der Waals surface area (Å²) >= 11 is 0. The van der Waals surface area contributed by atoms with E-state index >= 15 is 0 Å². The molecule has 7 nitrogen and oxygen atoms in total. The number of nitrogens with zero attached hydrogens (tertiary/aromatic N) is 4. The Morgan fingerprint density at radius 1 is 0.971 bits per heavy atom. The van der Waals surface area contributed by atoms with Crippen LogP contribution in [0.5, 0.6) is 0 Å². The molecule has 0 radical (unpaired) electrons. The molecule has 35 heavy (non-hydrogen) atoms. The molecule has 7 heteroatoms. The SMILES string of the molecule is CC1CN(C(=O)c2cc(N3CCC(c4cc5ccccc5[nH]c4=O)CC3)ncn2)c2ccccc21. The van der Waals surface area contributed by atoms with E-state index in [1.165, 1.54) is 11.9 Å². The van der Waals surface area contributed by atoms with Gasteiger partial charge in [-0.2, -0.15) is 0 Å². The number of amides is 1. The van der Waals surface area contributed by atoms with Gasteiger partial charge < -0.3 is 14.8 Å². The Balaban J connectivity index is 1.19. The van der Waals surface area contributed by atoms with E-state index in [-0.39, 0.29) is 17.4 Å². The number of rotatable bonds is 3. The van der Waals surface area contributed by atoms with Crippen molar-refractivity contribution in [3.05, 3.63) is 94.2 Å². The third kappa shape index (κ3) is 3.87. The van der Waals surface area contributed by atoms with Gasteiger partial charge in [-0.05, 0) is 47.9 Å². The van der Waals surface area contributed by atoms with Crippen molar-refractivity contribution in [2.45, 2.75) is 31.6 Å². The maximum absolute atomic E-state index is 13.4. The number of carbonyl (C=O) groups is 1. The van der Waals surface area contributed by atoms with E-state index < -0.39 is 0 Å². The van der Waals surface area contributed by atoms with Crippen LogP contribution in [0.4, 0.5) is 11.5 Å². The average Bonchev–Trinajstić information content (AvgIpc) is 3.24. The van der Waals surface area contributed by atoms with Crippen molar-refractivity contribution in [3.8, 4) is 0 Å². The van der Waals surface area contributed by atoms with Gasteiger partial charge in [-0.15, -0.1) is 0 Å². The number of para-hydroxylation sites is 2. The largest absolute Gasteiger partial charge is 0.356 e. The summed E-state index contributed by atoms with van der Waals surface area (Å²) in [5, 5.41) is 1.06. The number of hydrogen-bond donors (Lipinski definition) is 1. The first-order valence-corrected chi connectivity index (χ1v) is 12.2. The number of benzene rings is 2. The van der Waals surface area contributed by atoms with Crippen LogP contribution in [0.25, 0.3) is 10.9 Å². The molecule has 1 N–H and O–H groups in total. The Morgan fingerprint density at radius 2 is 1.74 bits per heavy atom. The number of pyridine rings is 1. The lowest BCUT2D eigenvalue weighted by Gasteiger charge is -2.32. The topological polar surface area (TPSA) is 82.2 Å². The van der Waals surface area contributed by atoms with Gasteiger partial charge in [0.2, 0.25) is 0 Å². The minimum atomic E-state index is -0.0944. The van der Waals surface area contributed by atoms with Gasteiger partial charge in [-0.3, -0.25) is 9.59 Å². The van der Waals surface area contributed by atoms with Crippen LogP contribution in [-0.4, -0.2) is 40.5 Å². The third-order valence-electron chi connectivity index (χ3n) is 7.37. The molecular formula is C28H27N5O2. The van der Waals surface area contributed by atoms with Crippen molar-refractivity contribution in [1.82, 2.24) is 15.0 Å². The van der Waals surface area contributed by atoms with Crippen molar-refractivity contribution < 1.29 is 4.79 Å². The maximum atomic E-state index is 13.4. The standard InChI is InChI=1S/C28H27N5O2/c1-18-16-33(25-9-5-3-7-21(18)25)28(35)24-15-26(30-17-29-24)32-12-10-19(11-13-32)22-14-20-6-2-4-8-23(20)31-27(22)34/h2-9,14-15,17-19H,10-13,16H2,1H3,(H,31,34). The summed E-state index contributed by atoms with van der Waals surface area (Å²) in [6.07, 6.45) is 3.19. The number of hydrogen-bond acceptors (Lipinski definition) is 5. The Hall–Kier alpha value is -4.00. The van der Waals surface area contributed by atoms with E-state index in [0.29, 0.717) is 18.2 Å². The number of fused-ring (bicyclic) bond motifs is 2. The van der Waals surface area contributed by atoms with Gasteiger partial charge in [0.25, 0.3) is 11.5 Å². The van der Waals surface area contributed by atoms with E-state index in [9.17, 15) is 9.59 Å². The first-order valence-electron chi connectivity index (χ1n) is 12.2. The zero-order valence-electron chi connectivity index (χ0n) is 19.6. The van der Waals surface area contributed by atoms with Gasteiger partial charge >= 0.3 is 0 Å². The van der Waals surface area contributed by atoms with Crippen LogP contribution in [0, 0.1) is 0 Å². The van der Waals surface area contributed by atoms with E-state index in [1.807, 2.05) is 53.4 Å². The van der Waals surface area contributed by atoms with Crippen molar-refractivity contribution >= 4 is 28.3 Å². The second-order valence-corrected chi connectivity index (χ2v) is 9.54. The highest BCUT2D eigenvalue weighted by molar-refractivity contribution is 6.06. The minimum absolute atomic E-state index is 0.00260. The van der Waals surface area contributed by atoms with Crippen LogP contribution in [0.15, 0.2) is 71.8 Å². The summed E-state index contributed by atoms with van der Waals surface area (Å²) in [5.74, 6) is 1.16. The van der Waals surface area contributed by atoms with E-state index in [1.54, 1.807) is 6.07 Å². The molecule has 1 atom stereocenters. The Labute approximate surface area is 203 Å². The number of anilines is 2. The molecule has 1 saturated heterocycles. The van der Waals surface area contributed by atoms with Crippen LogP contribution in [-0.2, 0) is 0 Å². The fraction of sp³-hybridized carbons (Fsp3) is 0.286.